The van der Waals surface area contributed by atoms with Crippen LogP contribution in [0.2, 0.25) is 0 Å². The van der Waals surface area contributed by atoms with Crippen LogP contribution in [0.5, 0.6) is 0 Å². The van der Waals surface area contributed by atoms with Crippen LogP contribution in [-0.2, 0) is 17.6 Å². The molecule has 1 aliphatic heterocycles. The van der Waals surface area contributed by atoms with Crippen molar-refractivity contribution in [3.63, 3.8) is 0 Å². The van der Waals surface area contributed by atoms with Crippen LogP contribution in [0.3, 0.4) is 0 Å². The van der Waals surface area contributed by atoms with Crippen LogP contribution in [0, 0.1) is 5.92 Å². The monoisotopic (exact) mass is 173 g/mol. The lowest BCUT2D eigenvalue weighted by molar-refractivity contribution is -0.135. The van der Waals surface area contributed by atoms with Crippen molar-refractivity contribution in [1.29, 1.82) is 0 Å². The smallest absolute Gasteiger partial charge is 0.225 e. The van der Waals surface area contributed by atoms with Crippen molar-refractivity contribution in [3.8, 4) is 0 Å². The molecule has 1 aliphatic carbocycles. The van der Waals surface area contributed by atoms with Crippen molar-refractivity contribution in [2.75, 3.05) is 0 Å². The minimum atomic E-state index is 0.236. The molecule has 1 saturated heterocycles. The molecule has 0 aromatic heterocycles. The summed E-state index contributed by atoms with van der Waals surface area (Å²) in [4.78, 5) is 11.2. The Morgan fingerprint density at radius 1 is 1.15 bits per heavy atom. The first-order chi connectivity index (χ1) is 6.34. The van der Waals surface area contributed by atoms with Gasteiger partial charge in [0.2, 0.25) is 5.91 Å². The van der Waals surface area contributed by atoms with Crippen LogP contribution in [0.4, 0.5) is 0 Å². The Morgan fingerprint density at radius 3 is 2.54 bits per heavy atom. The maximum absolute atomic E-state index is 11.2. The van der Waals surface area contributed by atoms with E-state index in [-0.39, 0.29) is 11.8 Å². The average molecular weight is 173 g/mol. The predicted molar refractivity (Wildman–Crippen MR) is 49.3 cm³/mol. The first kappa shape index (κ1) is 7.13. The zero-order chi connectivity index (χ0) is 8.84. The van der Waals surface area contributed by atoms with Gasteiger partial charge in [-0.2, -0.15) is 0 Å². The highest BCUT2D eigenvalue weighted by Gasteiger charge is 2.41. The molecule has 2 atom stereocenters. The highest BCUT2D eigenvalue weighted by molar-refractivity contribution is 5.86. The second-order valence-electron chi connectivity index (χ2n) is 3.90. The number of hydrogen-bond donors (Lipinski definition) is 1. The molecule has 1 fully saturated rings. The zero-order valence-corrected chi connectivity index (χ0v) is 7.29. The Labute approximate surface area is 77.0 Å². The third-order valence-electron chi connectivity index (χ3n) is 3.15. The molecule has 13 heavy (non-hydrogen) atoms. The van der Waals surface area contributed by atoms with Gasteiger partial charge in [-0.1, -0.05) is 24.3 Å². The average Bonchev–Trinajstić information content (AvgIpc) is 2.16. The number of carbonyl (C=O) groups is 1. The van der Waals surface area contributed by atoms with Crippen molar-refractivity contribution in [2.45, 2.75) is 18.9 Å². The van der Waals surface area contributed by atoms with E-state index in [0.29, 0.717) is 6.04 Å². The van der Waals surface area contributed by atoms with Gasteiger partial charge >= 0.3 is 0 Å². The molecule has 0 unspecified atom stereocenters. The number of amides is 1. The van der Waals surface area contributed by atoms with Gasteiger partial charge in [0.25, 0.3) is 0 Å². The van der Waals surface area contributed by atoms with Gasteiger partial charge in [-0.15, -0.1) is 0 Å². The molecule has 2 aliphatic rings. The molecule has 1 aromatic carbocycles. The Morgan fingerprint density at radius 2 is 1.85 bits per heavy atom. The molecule has 0 bridgehead atoms. The van der Waals surface area contributed by atoms with Crippen LogP contribution in [0.25, 0.3) is 0 Å². The normalized spacial score (nSPS) is 29.7. The van der Waals surface area contributed by atoms with Crippen LogP contribution >= 0.6 is 0 Å². The maximum atomic E-state index is 11.2. The standard InChI is InChI=1S/C11H11NO/c13-11-9-5-7-3-1-2-4-8(7)6-10(9)12-11/h1-4,9-10H,5-6H2,(H,12,13)/t9-,10-/m0/s1. The predicted octanol–water partition coefficient (Wildman–Crippen LogP) is 0.900. The molecule has 3 rings (SSSR count). The molecule has 2 nitrogen and oxygen atoms in total. The summed E-state index contributed by atoms with van der Waals surface area (Å²) in [5.74, 6) is 0.495. The van der Waals surface area contributed by atoms with Gasteiger partial charge < -0.3 is 5.32 Å². The number of nitrogens with one attached hydrogen (secondary N) is 1. The molecule has 0 saturated carbocycles. The Balaban J connectivity index is 1.99. The van der Waals surface area contributed by atoms with Crippen LogP contribution < -0.4 is 5.32 Å². The van der Waals surface area contributed by atoms with E-state index in [0.717, 1.165) is 12.8 Å². The van der Waals surface area contributed by atoms with E-state index >= 15 is 0 Å². The molecule has 1 N–H and O–H groups in total. The highest BCUT2D eigenvalue weighted by atomic mass is 16.2. The van der Waals surface area contributed by atoms with Gasteiger partial charge in [-0.3, -0.25) is 4.79 Å². The fourth-order valence-corrected chi connectivity index (χ4v) is 2.33. The van der Waals surface area contributed by atoms with Crippen molar-refractivity contribution in [1.82, 2.24) is 5.32 Å². The van der Waals surface area contributed by atoms with Gasteiger partial charge in [-0.05, 0) is 24.0 Å². The van der Waals surface area contributed by atoms with E-state index in [1.807, 2.05) is 0 Å². The topological polar surface area (TPSA) is 29.1 Å². The summed E-state index contributed by atoms with van der Waals surface area (Å²) < 4.78 is 0. The fraction of sp³-hybridized carbons (Fsp3) is 0.364. The van der Waals surface area contributed by atoms with Gasteiger partial charge in [-0.25, -0.2) is 0 Å². The Bertz CT molecular complexity index is 372. The highest BCUT2D eigenvalue weighted by Crippen LogP contribution is 2.30. The molecule has 1 amide bonds. The molecule has 1 aromatic rings. The van der Waals surface area contributed by atoms with Crippen molar-refractivity contribution in [3.05, 3.63) is 35.4 Å². The van der Waals surface area contributed by atoms with E-state index in [1.54, 1.807) is 0 Å². The summed E-state index contributed by atoms with van der Waals surface area (Å²) in [5.41, 5.74) is 2.77. The Hall–Kier alpha value is -1.31. The number of carbonyl (C=O) groups excluding carboxylic acids is 1. The second-order valence-corrected chi connectivity index (χ2v) is 3.90. The fourth-order valence-electron chi connectivity index (χ4n) is 2.33. The second kappa shape index (κ2) is 2.34. The molecule has 0 radical (unpaired) electrons. The third kappa shape index (κ3) is 0.916. The summed E-state index contributed by atoms with van der Waals surface area (Å²) in [6, 6.07) is 8.84. The van der Waals surface area contributed by atoms with E-state index in [2.05, 4.69) is 29.6 Å². The summed E-state index contributed by atoms with van der Waals surface area (Å²) in [6.45, 7) is 0. The van der Waals surface area contributed by atoms with Crippen LogP contribution in [-0.4, -0.2) is 11.9 Å². The van der Waals surface area contributed by atoms with Gasteiger partial charge in [0.05, 0.1) is 5.92 Å². The number of benzene rings is 1. The minimum Gasteiger partial charge on any atom is -0.352 e. The molecule has 66 valence electrons. The minimum absolute atomic E-state index is 0.236. The first-order valence-corrected chi connectivity index (χ1v) is 4.72. The molecular formula is C11H11NO. The molecule has 1 heterocycles. The largest absolute Gasteiger partial charge is 0.352 e. The number of hydrogen-bond acceptors (Lipinski definition) is 1. The van der Waals surface area contributed by atoms with E-state index < -0.39 is 0 Å². The van der Waals surface area contributed by atoms with Crippen LogP contribution in [0.15, 0.2) is 24.3 Å². The van der Waals surface area contributed by atoms with E-state index in [4.69, 9.17) is 0 Å². The Kier molecular flexibility index (Phi) is 1.29. The van der Waals surface area contributed by atoms with Crippen LogP contribution in [0.1, 0.15) is 11.1 Å². The summed E-state index contributed by atoms with van der Waals surface area (Å²) >= 11 is 0. The van der Waals surface area contributed by atoms with E-state index in [1.165, 1.54) is 11.1 Å². The van der Waals surface area contributed by atoms with Crippen molar-refractivity contribution >= 4 is 5.91 Å². The molecule has 0 spiro atoms. The van der Waals surface area contributed by atoms with Crippen molar-refractivity contribution in [2.24, 2.45) is 5.92 Å². The lowest BCUT2D eigenvalue weighted by Crippen LogP contribution is -2.61. The van der Waals surface area contributed by atoms with Gasteiger partial charge in [0, 0.05) is 6.04 Å². The lowest BCUT2D eigenvalue weighted by atomic mass is 9.75. The summed E-state index contributed by atoms with van der Waals surface area (Å²) in [7, 11) is 0. The number of rotatable bonds is 0. The zero-order valence-electron chi connectivity index (χ0n) is 7.29. The SMILES string of the molecule is O=C1N[C@H]2Cc3ccccc3C[C@H]12. The molecular weight excluding hydrogens is 162 g/mol. The van der Waals surface area contributed by atoms with Gasteiger partial charge in [0.1, 0.15) is 0 Å². The summed E-state index contributed by atoms with van der Waals surface area (Å²) in [6.07, 6.45) is 1.96. The summed E-state index contributed by atoms with van der Waals surface area (Å²) in [5, 5.41) is 2.95. The van der Waals surface area contributed by atoms with Gasteiger partial charge in [0.15, 0.2) is 0 Å². The van der Waals surface area contributed by atoms with Crippen molar-refractivity contribution < 1.29 is 4.79 Å². The number of fused-ring (bicyclic) bond motifs is 2. The molecule has 2 heteroatoms. The maximum Gasteiger partial charge on any atom is 0.225 e. The first-order valence-electron chi connectivity index (χ1n) is 4.72. The van der Waals surface area contributed by atoms with E-state index in [9.17, 15) is 4.79 Å². The third-order valence-corrected chi connectivity index (χ3v) is 3.15. The lowest BCUT2D eigenvalue weighted by Gasteiger charge is -2.41. The quantitative estimate of drug-likeness (QED) is 0.580. The number of β-lactam (4-membered cyclic amide) rings is 1.